The largest absolute Gasteiger partial charge is 0.494 e. The van der Waals surface area contributed by atoms with E-state index in [-0.39, 0.29) is 17.6 Å². The van der Waals surface area contributed by atoms with E-state index in [0.29, 0.717) is 23.5 Å². The summed E-state index contributed by atoms with van der Waals surface area (Å²) in [6.07, 6.45) is 0. The van der Waals surface area contributed by atoms with Gasteiger partial charge in [0.15, 0.2) is 12.4 Å². The lowest BCUT2D eigenvalue weighted by molar-refractivity contribution is -0.145. The van der Waals surface area contributed by atoms with E-state index in [4.69, 9.17) is 9.47 Å². The maximum Gasteiger partial charge on any atom is 0.329 e. The molecule has 0 saturated carbocycles. The average Bonchev–Trinajstić information content (AvgIpc) is 2.71. The van der Waals surface area contributed by atoms with Crippen molar-refractivity contribution in [2.75, 3.05) is 13.2 Å². The summed E-state index contributed by atoms with van der Waals surface area (Å²) in [4.78, 5) is 37.2. The van der Waals surface area contributed by atoms with Gasteiger partial charge in [0, 0.05) is 11.1 Å². The first-order chi connectivity index (χ1) is 13.8. The zero-order valence-electron chi connectivity index (χ0n) is 17.2. The normalized spacial score (nSPS) is 11.6. The van der Waals surface area contributed by atoms with Crippen LogP contribution in [0.2, 0.25) is 0 Å². The molecular weight excluding hydrogens is 370 g/mol. The van der Waals surface area contributed by atoms with Gasteiger partial charge in [-0.2, -0.15) is 0 Å². The quantitative estimate of drug-likeness (QED) is 0.517. The van der Waals surface area contributed by atoms with E-state index in [0.717, 1.165) is 5.56 Å². The molecule has 0 fully saturated rings. The smallest absolute Gasteiger partial charge is 0.329 e. The number of benzene rings is 2. The molecule has 2 aromatic rings. The average molecular weight is 397 g/mol. The van der Waals surface area contributed by atoms with Crippen LogP contribution in [0.1, 0.15) is 47.1 Å². The van der Waals surface area contributed by atoms with Gasteiger partial charge in [-0.05, 0) is 56.2 Å². The number of ether oxygens (including phenoxy) is 2. The standard InChI is InChI=1S/C23H27NO5/c1-5-28-19-12-10-17(11-13-19)20(25)14-29-23(27)21(15(2)3)24-22(26)18-8-6-16(4)7-9-18/h6-13,15,21H,5,14H2,1-4H3,(H,24,26). The number of carbonyl (C=O) groups excluding carboxylic acids is 3. The van der Waals surface area contributed by atoms with E-state index in [1.807, 2.05) is 26.0 Å². The van der Waals surface area contributed by atoms with Crippen molar-refractivity contribution in [3.63, 3.8) is 0 Å². The Bertz CT molecular complexity index is 841. The van der Waals surface area contributed by atoms with Gasteiger partial charge in [-0.15, -0.1) is 0 Å². The van der Waals surface area contributed by atoms with Gasteiger partial charge < -0.3 is 14.8 Å². The molecule has 1 amide bonds. The maximum atomic E-state index is 12.5. The monoisotopic (exact) mass is 397 g/mol. The van der Waals surface area contributed by atoms with Gasteiger partial charge in [0.05, 0.1) is 6.61 Å². The predicted octanol–water partition coefficient (Wildman–Crippen LogP) is 3.57. The molecule has 29 heavy (non-hydrogen) atoms. The van der Waals surface area contributed by atoms with Crippen LogP contribution in [0.5, 0.6) is 5.75 Å². The van der Waals surface area contributed by atoms with Crippen molar-refractivity contribution in [2.45, 2.75) is 33.7 Å². The van der Waals surface area contributed by atoms with E-state index in [1.54, 1.807) is 50.2 Å². The topological polar surface area (TPSA) is 81.7 Å². The third-order valence-corrected chi connectivity index (χ3v) is 4.35. The summed E-state index contributed by atoms with van der Waals surface area (Å²) < 4.78 is 10.5. The number of Topliss-reactive ketones (excluding diaryl/α,β-unsaturated/α-hetero) is 1. The molecule has 0 aliphatic heterocycles. The van der Waals surface area contributed by atoms with Gasteiger partial charge in [-0.25, -0.2) is 4.79 Å². The molecule has 6 nitrogen and oxygen atoms in total. The fourth-order valence-electron chi connectivity index (χ4n) is 2.64. The molecule has 0 bridgehead atoms. The minimum Gasteiger partial charge on any atom is -0.494 e. The third-order valence-electron chi connectivity index (χ3n) is 4.35. The summed E-state index contributed by atoms with van der Waals surface area (Å²) in [5.41, 5.74) is 1.92. The molecule has 0 aliphatic carbocycles. The SMILES string of the molecule is CCOc1ccc(C(=O)COC(=O)C(NC(=O)c2ccc(C)cc2)C(C)C)cc1. The van der Waals surface area contributed by atoms with Gasteiger partial charge >= 0.3 is 5.97 Å². The van der Waals surface area contributed by atoms with Crippen LogP contribution in [0, 0.1) is 12.8 Å². The number of ketones is 1. The van der Waals surface area contributed by atoms with E-state index >= 15 is 0 Å². The highest BCUT2D eigenvalue weighted by molar-refractivity contribution is 5.99. The fraction of sp³-hybridized carbons (Fsp3) is 0.348. The predicted molar refractivity (Wildman–Crippen MR) is 110 cm³/mol. The minimum atomic E-state index is -0.850. The van der Waals surface area contributed by atoms with Crippen LogP contribution < -0.4 is 10.1 Å². The molecule has 0 heterocycles. The molecule has 6 heteroatoms. The van der Waals surface area contributed by atoms with E-state index < -0.39 is 18.6 Å². The Balaban J connectivity index is 1.95. The van der Waals surface area contributed by atoms with Crippen molar-refractivity contribution < 1.29 is 23.9 Å². The van der Waals surface area contributed by atoms with Crippen LogP contribution >= 0.6 is 0 Å². The Hall–Kier alpha value is -3.15. The molecule has 0 spiro atoms. The molecule has 154 valence electrons. The van der Waals surface area contributed by atoms with Crippen molar-refractivity contribution in [1.82, 2.24) is 5.32 Å². The highest BCUT2D eigenvalue weighted by Crippen LogP contribution is 2.13. The highest BCUT2D eigenvalue weighted by atomic mass is 16.5. The van der Waals surface area contributed by atoms with Crippen LogP contribution in [0.4, 0.5) is 0 Å². The van der Waals surface area contributed by atoms with Crippen LogP contribution in [0.15, 0.2) is 48.5 Å². The van der Waals surface area contributed by atoms with Crippen molar-refractivity contribution in [1.29, 1.82) is 0 Å². The lowest BCUT2D eigenvalue weighted by Gasteiger charge is -2.20. The summed E-state index contributed by atoms with van der Waals surface area (Å²) in [5.74, 6) is -0.857. The number of esters is 1. The fourth-order valence-corrected chi connectivity index (χ4v) is 2.64. The van der Waals surface area contributed by atoms with E-state index in [1.165, 1.54) is 0 Å². The molecule has 1 N–H and O–H groups in total. The first-order valence-electron chi connectivity index (χ1n) is 9.62. The Labute approximate surface area is 171 Å². The Kier molecular flexibility index (Phi) is 7.95. The van der Waals surface area contributed by atoms with Crippen molar-refractivity contribution in [3.05, 3.63) is 65.2 Å². The van der Waals surface area contributed by atoms with Crippen LogP contribution in [0.25, 0.3) is 0 Å². The van der Waals surface area contributed by atoms with Crippen molar-refractivity contribution in [2.24, 2.45) is 5.92 Å². The number of carbonyl (C=O) groups is 3. The zero-order valence-corrected chi connectivity index (χ0v) is 17.2. The molecule has 0 saturated heterocycles. The van der Waals surface area contributed by atoms with Crippen molar-refractivity contribution >= 4 is 17.7 Å². The molecule has 0 radical (unpaired) electrons. The molecule has 2 rings (SSSR count). The molecule has 1 unspecified atom stereocenters. The van der Waals surface area contributed by atoms with E-state index in [9.17, 15) is 14.4 Å². The summed E-state index contributed by atoms with van der Waals surface area (Å²) >= 11 is 0. The molecule has 0 aliphatic rings. The number of amides is 1. The minimum absolute atomic E-state index is 0.197. The summed E-state index contributed by atoms with van der Waals surface area (Å²) in [5, 5.41) is 2.70. The van der Waals surface area contributed by atoms with E-state index in [2.05, 4.69) is 5.32 Å². The van der Waals surface area contributed by atoms with Crippen LogP contribution in [-0.2, 0) is 9.53 Å². The second kappa shape index (κ2) is 10.4. The molecule has 0 aromatic heterocycles. The van der Waals surface area contributed by atoms with Crippen LogP contribution in [0.3, 0.4) is 0 Å². The first-order valence-corrected chi connectivity index (χ1v) is 9.62. The van der Waals surface area contributed by atoms with Gasteiger partial charge in [-0.3, -0.25) is 9.59 Å². The van der Waals surface area contributed by atoms with Crippen LogP contribution in [-0.4, -0.2) is 36.9 Å². The Morgan fingerprint density at radius 2 is 1.52 bits per heavy atom. The summed E-state index contributed by atoms with van der Waals surface area (Å²) in [6, 6.07) is 12.8. The Morgan fingerprint density at radius 3 is 2.07 bits per heavy atom. The molecule has 2 aromatic carbocycles. The summed E-state index contributed by atoms with van der Waals surface area (Å²) in [7, 11) is 0. The number of hydrogen-bond donors (Lipinski definition) is 1. The van der Waals surface area contributed by atoms with Gasteiger partial charge in [0.1, 0.15) is 11.8 Å². The van der Waals surface area contributed by atoms with Gasteiger partial charge in [0.2, 0.25) is 0 Å². The zero-order chi connectivity index (χ0) is 21.4. The maximum absolute atomic E-state index is 12.5. The number of aryl methyl sites for hydroxylation is 1. The lowest BCUT2D eigenvalue weighted by atomic mass is 10.0. The summed E-state index contributed by atoms with van der Waals surface area (Å²) in [6.45, 7) is 7.55. The number of rotatable bonds is 9. The van der Waals surface area contributed by atoms with Crippen molar-refractivity contribution in [3.8, 4) is 5.75 Å². The number of nitrogens with one attached hydrogen (secondary N) is 1. The van der Waals surface area contributed by atoms with Gasteiger partial charge in [0.25, 0.3) is 5.91 Å². The number of hydrogen-bond acceptors (Lipinski definition) is 5. The first kappa shape index (κ1) is 22.1. The second-order valence-corrected chi connectivity index (χ2v) is 7.05. The second-order valence-electron chi connectivity index (χ2n) is 7.05. The molecule has 1 atom stereocenters. The lowest BCUT2D eigenvalue weighted by Crippen LogP contribution is -2.45. The molecular formula is C23H27NO5. The highest BCUT2D eigenvalue weighted by Gasteiger charge is 2.27. The third kappa shape index (κ3) is 6.45. The Morgan fingerprint density at radius 1 is 0.931 bits per heavy atom. The van der Waals surface area contributed by atoms with Gasteiger partial charge in [-0.1, -0.05) is 31.5 Å².